The molecule has 2 aliphatic heterocycles. The number of hydrogen-bond donors (Lipinski definition) is 2. The lowest BCUT2D eigenvalue weighted by Gasteiger charge is -2.25. The van der Waals surface area contributed by atoms with Gasteiger partial charge in [-0.3, -0.25) is 19.2 Å². The fraction of sp³-hybridized carbons (Fsp3) is 0.714. The molecule has 9 nitrogen and oxygen atoms in total. The van der Waals surface area contributed by atoms with Gasteiger partial charge in [0.15, 0.2) is 0 Å². The zero-order valence-corrected chi connectivity index (χ0v) is 22.4. The van der Waals surface area contributed by atoms with Gasteiger partial charge in [-0.2, -0.15) is 0 Å². The number of unbranched alkanes of at least 4 members (excludes halogenated alkanes) is 4. The van der Waals surface area contributed by atoms with Crippen LogP contribution in [0.4, 0.5) is 0 Å². The van der Waals surface area contributed by atoms with Gasteiger partial charge in [0.25, 0.3) is 0 Å². The number of allylic oxidation sites excluding steroid dienone is 2. The first-order valence-electron chi connectivity index (χ1n) is 13.5. The number of esters is 2. The maximum atomic E-state index is 12.2. The zero-order chi connectivity index (χ0) is 27.4. The molecular formula is C28H44N2O7. The summed E-state index contributed by atoms with van der Waals surface area (Å²) in [5.74, 6) is -2.43. The summed E-state index contributed by atoms with van der Waals surface area (Å²) in [4.78, 5) is 46.9. The van der Waals surface area contributed by atoms with Crippen molar-refractivity contribution in [3.63, 3.8) is 0 Å². The Labute approximate surface area is 220 Å². The second-order valence-corrected chi connectivity index (χ2v) is 10.3. The zero-order valence-electron chi connectivity index (χ0n) is 22.4. The smallest absolute Gasteiger partial charge is 0.310 e. The molecule has 0 aromatic heterocycles. The highest BCUT2D eigenvalue weighted by Crippen LogP contribution is 2.42. The number of carboxylic acids is 1. The van der Waals surface area contributed by atoms with Gasteiger partial charge in [-0.1, -0.05) is 12.2 Å². The predicted molar refractivity (Wildman–Crippen MR) is 139 cm³/mol. The number of carbonyl (C=O) groups is 4. The molecular weight excluding hydrogens is 476 g/mol. The van der Waals surface area contributed by atoms with Gasteiger partial charge in [0.2, 0.25) is 5.91 Å². The second-order valence-electron chi connectivity index (χ2n) is 10.3. The second kappa shape index (κ2) is 15.5. The van der Waals surface area contributed by atoms with E-state index in [9.17, 15) is 19.2 Å². The Morgan fingerprint density at radius 3 is 1.86 bits per heavy atom. The molecule has 2 N–H and O–H groups in total. The third kappa shape index (κ3) is 8.98. The highest BCUT2D eigenvalue weighted by Gasteiger charge is 2.52. The van der Waals surface area contributed by atoms with Gasteiger partial charge in [0.05, 0.1) is 23.7 Å². The lowest BCUT2D eigenvalue weighted by atomic mass is 9.94. The van der Waals surface area contributed by atoms with Crippen LogP contribution in [0.1, 0.15) is 64.2 Å². The summed E-state index contributed by atoms with van der Waals surface area (Å²) in [6, 6.07) is 0. The predicted octanol–water partition coefficient (Wildman–Crippen LogP) is 3.34. The van der Waals surface area contributed by atoms with Crippen molar-refractivity contribution in [1.82, 2.24) is 10.2 Å². The molecule has 2 aliphatic carbocycles. The van der Waals surface area contributed by atoms with Crippen molar-refractivity contribution in [2.24, 2.45) is 23.7 Å². The van der Waals surface area contributed by atoms with Gasteiger partial charge >= 0.3 is 17.9 Å². The van der Waals surface area contributed by atoms with Gasteiger partial charge in [-0.25, -0.2) is 0 Å². The third-order valence-corrected chi connectivity index (χ3v) is 7.46. The fourth-order valence-electron chi connectivity index (χ4n) is 5.37. The summed E-state index contributed by atoms with van der Waals surface area (Å²) in [6.07, 6.45) is 13.0. The van der Waals surface area contributed by atoms with Crippen molar-refractivity contribution < 1.29 is 33.8 Å². The van der Waals surface area contributed by atoms with Crippen LogP contribution in [0, 0.1) is 23.7 Å². The molecule has 0 radical (unpaired) electrons. The van der Waals surface area contributed by atoms with Crippen LogP contribution in [0.2, 0.25) is 0 Å². The average molecular weight is 521 g/mol. The SMILES string of the molecule is C=CCCCCN(C)C(=O)C1CC2CC1C(=O)O2.C=CCCCCNC.O=C(O)C1CC2CC1C(=O)O2. The number of hydrogen-bond acceptors (Lipinski definition) is 7. The number of carboxylic acid groups (broad SMARTS) is 1. The van der Waals surface area contributed by atoms with E-state index in [0.29, 0.717) is 19.3 Å². The fourth-order valence-corrected chi connectivity index (χ4v) is 5.37. The monoisotopic (exact) mass is 520 g/mol. The first-order valence-corrected chi connectivity index (χ1v) is 13.5. The van der Waals surface area contributed by atoms with Gasteiger partial charge < -0.3 is 24.8 Å². The van der Waals surface area contributed by atoms with E-state index in [-0.39, 0.29) is 47.8 Å². The summed E-state index contributed by atoms with van der Waals surface area (Å²) < 4.78 is 9.95. The molecule has 2 saturated heterocycles. The number of ether oxygens (including phenoxy) is 2. The molecule has 0 aromatic carbocycles. The highest BCUT2D eigenvalue weighted by molar-refractivity contribution is 5.87. The van der Waals surface area contributed by atoms with E-state index in [1.165, 1.54) is 12.8 Å². The molecule has 6 unspecified atom stereocenters. The Morgan fingerprint density at radius 1 is 0.919 bits per heavy atom. The standard InChI is InChI=1S/C14H21NO3.C7H15N.C7H8O4/c1-3-4-5-6-7-15(2)13(16)11-8-10-9-12(11)14(17)18-10;1-3-4-5-6-7-8-2;8-6(9)4-1-3-2-5(4)7(10)11-3/h3,10-12H,1,4-9H2,2H3;3,8H,1,4-7H2,2H3;3-5H,1-2H2,(H,8,9). The maximum absolute atomic E-state index is 12.2. The minimum absolute atomic E-state index is 0.00869. The molecule has 9 heteroatoms. The number of carbonyl (C=O) groups excluding carboxylic acids is 3. The number of fused-ring (bicyclic) bond motifs is 4. The molecule has 2 heterocycles. The maximum Gasteiger partial charge on any atom is 0.310 e. The van der Waals surface area contributed by atoms with Gasteiger partial charge in [0.1, 0.15) is 12.2 Å². The van der Waals surface area contributed by atoms with Crippen LogP contribution in [-0.4, -0.2) is 73.2 Å². The molecule has 208 valence electrons. The van der Waals surface area contributed by atoms with Crippen LogP contribution in [0.3, 0.4) is 0 Å². The molecule has 4 aliphatic rings. The summed E-state index contributed by atoms with van der Waals surface area (Å²) in [6.45, 7) is 9.21. The van der Waals surface area contributed by atoms with E-state index in [1.54, 1.807) is 4.90 Å². The molecule has 1 amide bonds. The van der Waals surface area contributed by atoms with Gasteiger partial charge in [-0.05, 0) is 77.8 Å². The van der Waals surface area contributed by atoms with Crippen molar-refractivity contribution in [2.75, 3.05) is 27.2 Å². The minimum Gasteiger partial charge on any atom is -0.481 e. The Morgan fingerprint density at radius 2 is 1.43 bits per heavy atom. The van der Waals surface area contributed by atoms with Crippen LogP contribution < -0.4 is 5.32 Å². The lowest BCUT2D eigenvalue weighted by molar-refractivity contribution is -0.158. The first-order chi connectivity index (χ1) is 17.7. The molecule has 4 fully saturated rings. The van der Waals surface area contributed by atoms with E-state index in [2.05, 4.69) is 18.5 Å². The summed E-state index contributed by atoms with van der Waals surface area (Å²) in [5.41, 5.74) is 0. The number of nitrogens with zero attached hydrogens (tertiary/aromatic N) is 1. The normalized spacial score (nSPS) is 28.3. The number of amides is 1. The third-order valence-electron chi connectivity index (χ3n) is 7.46. The van der Waals surface area contributed by atoms with Crippen molar-refractivity contribution in [3.8, 4) is 0 Å². The molecule has 4 rings (SSSR count). The Balaban J connectivity index is 0.000000216. The van der Waals surface area contributed by atoms with Crippen molar-refractivity contribution in [2.45, 2.75) is 76.4 Å². The minimum atomic E-state index is -0.867. The van der Waals surface area contributed by atoms with E-state index in [1.807, 2.05) is 26.2 Å². The van der Waals surface area contributed by atoms with Crippen molar-refractivity contribution in [3.05, 3.63) is 25.3 Å². The summed E-state index contributed by atoms with van der Waals surface area (Å²) in [7, 11) is 3.81. The summed E-state index contributed by atoms with van der Waals surface area (Å²) >= 11 is 0. The van der Waals surface area contributed by atoms with Crippen LogP contribution in [0.15, 0.2) is 25.3 Å². The largest absolute Gasteiger partial charge is 0.481 e. The summed E-state index contributed by atoms with van der Waals surface area (Å²) in [5, 5.41) is 11.7. The van der Waals surface area contributed by atoms with E-state index < -0.39 is 11.9 Å². The molecule has 4 bridgehead atoms. The molecule has 6 atom stereocenters. The molecule has 0 aromatic rings. The highest BCUT2D eigenvalue weighted by atomic mass is 16.6. The van der Waals surface area contributed by atoms with E-state index in [4.69, 9.17) is 14.6 Å². The number of rotatable bonds is 12. The van der Waals surface area contributed by atoms with E-state index in [0.717, 1.165) is 45.2 Å². The number of aliphatic carboxylic acids is 1. The Bertz CT molecular complexity index is 814. The van der Waals surface area contributed by atoms with Crippen molar-refractivity contribution in [1.29, 1.82) is 0 Å². The van der Waals surface area contributed by atoms with Crippen molar-refractivity contribution >= 4 is 23.8 Å². The van der Waals surface area contributed by atoms with Crippen LogP contribution >= 0.6 is 0 Å². The van der Waals surface area contributed by atoms with E-state index >= 15 is 0 Å². The Kier molecular flexibility index (Phi) is 12.8. The molecule has 0 spiro atoms. The molecule has 2 saturated carbocycles. The quantitative estimate of drug-likeness (QED) is 0.228. The number of nitrogens with one attached hydrogen (secondary N) is 1. The van der Waals surface area contributed by atoms with Crippen LogP contribution in [-0.2, 0) is 28.7 Å². The molecule has 37 heavy (non-hydrogen) atoms. The topological polar surface area (TPSA) is 122 Å². The lowest BCUT2D eigenvalue weighted by Crippen LogP contribution is -2.39. The van der Waals surface area contributed by atoms with Gasteiger partial charge in [0, 0.05) is 13.6 Å². The Hall–Kier alpha value is -2.68. The van der Waals surface area contributed by atoms with Gasteiger partial charge in [-0.15, -0.1) is 13.2 Å². The van der Waals surface area contributed by atoms with Crippen LogP contribution in [0.5, 0.6) is 0 Å². The first kappa shape index (κ1) is 30.5. The van der Waals surface area contributed by atoms with Crippen LogP contribution in [0.25, 0.3) is 0 Å². The average Bonchev–Trinajstić information content (AvgIpc) is 3.65.